The van der Waals surface area contributed by atoms with Gasteiger partial charge >= 0.3 is 0 Å². The summed E-state index contributed by atoms with van der Waals surface area (Å²) in [6.07, 6.45) is 7.64. The van der Waals surface area contributed by atoms with E-state index in [2.05, 4.69) is 10.3 Å². The Morgan fingerprint density at radius 2 is 2.21 bits per heavy atom. The highest BCUT2D eigenvalue weighted by atomic mass is 16.2. The molecule has 0 atom stereocenters. The Morgan fingerprint density at radius 3 is 2.89 bits per heavy atom. The number of hydrogen-bond donors (Lipinski definition) is 1. The Labute approximate surface area is 114 Å². The number of hydrogen-bond acceptors (Lipinski definition) is 3. The standard InChI is InChI=1S/C14H22N4O/c1-17-9-7-16-12(17)2-8-18-11-14(10-13(18)19)3-5-15-6-4-14/h7,9,15H,2-6,8,10-11H2,1H3. The van der Waals surface area contributed by atoms with Gasteiger partial charge in [0.15, 0.2) is 0 Å². The number of nitrogens with zero attached hydrogens (tertiary/aromatic N) is 3. The maximum absolute atomic E-state index is 12.2. The molecule has 0 radical (unpaired) electrons. The first-order valence-electron chi connectivity index (χ1n) is 7.13. The molecule has 1 amide bonds. The van der Waals surface area contributed by atoms with Gasteiger partial charge in [0, 0.05) is 45.4 Å². The second kappa shape index (κ2) is 4.96. The van der Waals surface area contributed by atoms with Crippen LogP contribution < -0.4 is 5.32 Å². The molecule has 2 aliphatic heterocycles. The van der Waals surface area contributed by atoms with Crippen LogP contribution >= 0.6 is 0 Å². The molecule has 0 aliphatic carbocycles. The van der Waals surface area contributed by atoms with Gasteiger partial charge in [0.1, 0.15) is 5.82 Å². The van der Waals surface area contributed by atoms with E-state index in [1.165, 1.54) is 0 Å². The Bertz CT molecular complexity index is 462. The Hall–Kier alpha value is -1.36. The zero-order valence-corrected chi connectivity index (χ0v) is 11.6. The summed E-state index contributed by atoms with van der Waals surface area (Å²) in [5, 5.41) is 3.38. The van der Waals surface area contributed by atoms with Crippen molar-refractivity contribution in [1.82, 2.24) is 19.8 Å². The predicted molar refractivity (Wildman–Crippen MR) is 72.6 cm³/mol. The molecule has 0 saturated carbocycles. The molecule has 1 spiro atoms. The molecule has 1 aromatic rings. The topological polar surface area (TPSA) is 50.2 Å². The number of nitrogens with one attached hydrogen (secondary N) is 1. The van der Waals surface area contributed by atoms with Crippen LogP contribution in [-0.2, 0) is 18.3 Å². The maximum atomic E-state index is 12.2. The van der Waals surface area contributed by atoms with Gasteiger partial charge in [-0.3, -0.25) is 4.79 Å². The van der Waals surface area contributed by atoms with Gasteiger partial charge in [-0.2, -0.15) is 0 Å². The molecule has 0 aromatic carbocycles. The molecule has 2 fully saturated rings. The van der Waals surface area contributed by atoms with Crippen molar-refractivity contribution < 1.29 is 4.79 Å². The smallest absolute Gasteiger partial charge is 0.223 e. The summed E-state index contributed by atoms with van der Waals surface area (Å²) in [6, 6.07) is 0. The Balaban J connectivity index is 1.60. The monoisotopic (exact) mass is 262 g/mol. The molecule has 1 aromatic heterocycles. The van der Waals surface area contributed by atoms with Gasteiger partial charge in [0.25, 0.3) is 0 Å². The van der Waals surface area contributed by atoms with Gasteiger partial charge < -0.3 is 14.8 Å². The third-order valence-electron chi connectivity index (χ3n) is 4.60. The van der Waals surface area contributed by atoms with Crippen LogP contribution in [0.1, 0.15) is 25.1 Å². The molecular formula is C14H22N4O. The van der Waals surface area contributed by atoms with Crippen LogP contribution in [0.25, 0.3) is 0 Å². The number of carbonyl (C=O) groups is 1. The van der Waals surface area contributed by atoms with E-state index in [0.29, 0.717) is 5.91 Å². The van der Waals surface area contributed by atoms with Crippen molar-refractivity contribution in [3.05, 3.63) is 18.2 Å². The van der Waals surface area contributed by atoms with E-state index < -0.39 is 0 Å². The number of amides is 1. The van der Waals surface area contributed by atoms with E-state index >= 15 is 0 Å². The second-order valence-electron chi connectivity index (χ2n) is 5.95. The van der Waals surface area contributed by atoms with Crippen molar-refractivity contribution in [1.29, 1.82) is 0 Å². The van der Waals surface area contributed by atoms with E-state index in [1.807, 2.05) is 28.9 Å². The van der Waals surface area contributed by atoms with Crippen LogP contribution in [0.4, 0.5) is 0 Å². The molecule has 0 unspecified atom stereocenters. The zero-order valence-electron chi connectivity index (χ0n) is 11.6. The minimum atomic E-state index is 0.254. The Morgan fingerprint density at radius 1 is 1.42 bits per heavy atom. The normalized spacial score (nSPS) is 22.4. The van der Waals surface area contributed by atoms with E-state index in [1.54, 1.807) is 0 Å². The molecular weight excluding hydrogens is 240 g/mol. The number of aryl methyl sites for hydroxylation is 1. The van der Waals surface area contributed by atoms with Crippen molar-refractivity contribution in [3.63, 3.8) is 0 Å². The van der Waals surface area contributed by atoms with Gasteiger partial charge in [-0.1, -0.05) is 0 Å². The maximum Gasteiger partial charge on any atom is 0.223 e. The third kappa shape index (κ3) is 2.52. The largest absolute Gasteiger partial charge is 0.342 e. The summed E-state index contributed by atoms with van der Waals surface area (Å²) >= 11 is 0. The summed E-state index contributed by atoms with van der Waals surface area (Å²) in [5.74, 6) is 1.38. The lowest BCUT2D eigenvalue weighted by Crippen LogP contribution is -2.39. The summed E-state index contributed by atoms with van der Waals surface area (Å²) in [7, 11) is 2.00. The van der Waals surface area contributed by atoms with Crippen LogP contribution in [0.5, 0.6) is 0 Å². The lowest BCUT2D eigenvalue weighted by Gasteiger charge is -2.33. The fourth-order valence-corrected chi connectivity index (χ4v) is 3.35. The lowest BCUT2D eigenvalue weighted by atomic mass is 9.78. The summed E-state index contributed by atoms with van der Waals surface area (Å²) in [5.41, 5.74) is 0.254. The van der Waals surface area contributed by atoms with Crippen LogP contribution in [0, 0.1) is 5.41 Å². The number of likely N-dealkylation sites (tertiary alicyclic amines) is 1. The molecule has 3 rings (SSSR count). The van der Waals surface area contributed by atoms with Gasteiger partial charge in [0.2, 0.25) is 5.91 Å². The number of rotatable bonds is 3. The summed E-state index contributed by atoms with van der Waals surface area (Å²) in [4.78, 5) is 18.5. The quantitative estimate of drug-likeness (QED) is 0.866. The molecule has 1 N–H and O–H groups in total. The molecule has 0 bridgehead atoms. The van der Waals surface area contributed by atoms with Crippen molar-refractivity contribution >= 4 is 5.91 Å². The van der Waals surface area contributed by atoms with Crippen molar-refractivity contribution in [2.45, 2.75) is 25.7 Å². The first-order valence-corrected chi connectivity index (χ1v) is 7.13. The average Bonchev–Trinajstić information content (AvgIpc) is 2.93. The molecule has 5 heteroatoms. The van der Waals surface area contributed by atoms with Gasteiger partial charge in [-0.05, 0) is 31.3 Å². The minimum absolute atomic E-state index is 0.254. The van der Waals surface area contributed by atoms with Crippen LogP contribution in [-0.4, -0.2) is 46.5 Å². The zero-order chi connectivity index (χ0) is 13.3. The molecule has 2 aliphatic rings. The van der Waals surface area contributed by atoms with Crippen molar-refractivity contribution in [3.8, 4) is 0 Å². The summed E-state index contributed by atoms with van der Waals surface area (Å²) < 4.78 is 2.03. The van der Waals surface area contributed by atoms with Crippen LogP contribution in [0.15, 0.2) is 12.4 Å². The van der Waals surface area contributed by atoms with Crippen LogP contribution in [0.3, 0.4) is 0 Å². The second-order valence-corrected chi connectivity index (χ2v) is 5.95. The van der Waals surface area contributed by atoms with Gasteiger partial charge in [-0.15, -0.1) is 0 Å². The first-order chi connectivity index (χ1) is 9.19. The Kier molecular flexibility index (Phi) is 3.31. The fourth-order valence-electron chi connectivity index (χ4n) is 3.35. The summed E-state index contributed by atoms with van der Waals surface area (Å²) in [6.45, 7) is 3.86. The highest BCUT2D eigenvalue weighted by molar-refractivity contribution is 5.79. The predicted octanol–water partition coefficient (Wildman–Crippen LogP) is 0.565. The first kappa shape index (κ1) is 12.7. The SMILES string of the molecule is Cn1ccnc1CCN1CC2(CCNCC2)CC1=O. The number of imidazole rings is 1. The number of aromatic nitrogens is 2. The fraction of sp³-hybridized carbons (Fsp3) is 0.714. The highest BCUT2D eigenvalue weighted by Crippen LogP contribution is 2.39. The average molecular weight is 262 g/mol. The van der Waals surface area contributed by atoms with Crippen LogP contribution in [0.2, 0.25) is 0 Å². The molecule has 104 valence electrons. The molecule has 2 saturated heterocycles. The van der Waals surface area contributed by atoms with Crippen molar-refractivity contribution in [2.24, 2.45) is 12.5 Å². The third-order valence-corrected chi connectivity index (χ3v) is 4.60. The van der Waals surface area contributed by atoms with Crippen molar-refractivity contribution in [2.75, 3.05) is 26.2 Å². The lowest BCUT2D eigenvalue weighted by molar-refractivity contribution is -0.127. The van der Waals surface area contributed by atoms with Gasteiger partial charge in [-0.25, -0.2) is 4.98 Å². The van der Waals surface area contributed by atoms with E-state index in [4.69, 9.17) is 0 Å². The molecule has 5 nitrogen and oxygen atoms in total. The molecule has 19 heavy (non-hydrogen) atoms. The highest BCUT2D eigenvalue weighted by Gasteiger charge is 2.43. The number of carbonyl (C=O) groups excluding carboxylic acids is 1. The van der Waals surface area contributed by atoms with E-state index in [-0.39, 0.29) is 5.41 Å². The minimum Gasteiger partial charge on any atom is -0.342 e. The van der Waals surface area contributed by atoms with Gasteiger partial charge in [0.05, 0.1) is 0 Å². The molecule has 3 heterocycles. The van der Waals surface area contributed by atoms with E-state index in [0.717, 1.165) is 57.7 Å². The number of piperidine rings is 1. The van der Waals surface area contributed by atoms with E-state index in [9.17, 15) is 4.79 Å².